The zero-order chi connectivity index (χ0) is 25.5. The number of hydrogen-bond acceptors (Lipinski definition) is 8. The first-order valence-corrected chi connectivity index (χ1v) is 14.1. The van der Waals surface area contributed by atoms with E-state index >= 15 is 0 Å². The molecular formula is C26H27N5O3S2. The molecule has 36 heavy (non-hydrogen) atoms. The Balaban J connectivity index is 1.58. The Morgan fingerprint density at radius 1 is 1.11 bits per heavy atom. The number of ether oxygens (including phenoxy) is 1. The van der Waals surface area contributed by atoms with Crippen LogP contribution in [0.5, 0.6) is 0 Å². The van der Waals surface area contributed by atoms with E-state index in [1.54, 1.807) is 48.7 Å². The summed E-state index contributed by atoms with van der Waals surface area (Å²) in [4.78, 5) is 22.4. The third-order valence-corrected chi connectivity index (χ3v) is 7.84. The molecule has 0 spiro atoms. The zero-order valence-electron chi connectivity index (χ0n) is 20.2. The number of thiophene rings is 1. The number of rotatable bonds is 8. The number of hydrogen-bond donors (Lipinski definition) is 2. The van der Waals surface area contributed by atoms with Crippen molar-refractivity contribution in [2.45, 2.75) is 24.8 Å². The van der Waals surface area contributed by atoms with Crippen molar-refractivity contribution < 1.29 is 13.7 Å². The lowest BCUT2D eigenvalue weighted by Crippen LogP contribution is -2.10. The summed E-state index contributed by atoms with van der Waals surface area (Å²) in [6.45, 7) is 3.93. The first-order valence-electron chi connectivity index (χ1n) is 11.3. The minimum Gasteiger partial charge on any atom is -0.448 e. The molecule has 0 saturated heterocycles. The van der Waals surface area contributed by atoms with E-state index in [4.69, 9.17) is 9.72 Å². The van der Waals surface area contributed by atoms with E-state index in [0.29, 0.717) is 22.3 Å². The van der Waals surface area contributed by atoms with Gasteiger partial charge in [0.2, 0.25) is 5.95 Å². The van der Waals surface area contributed by atoms with Crippen LogP contribution in [0, 0.1) is 0 Å². The summed E-state index contributed by atoms with van der Waals surface area (Å²) in [5, 5.41) is 8.74. The molecular weight excluding hydrogens is 494 g/mol. The summed E-state index contributed by atoms with van der Waals surface area (Å²) in [7, 11) is -2.92. The number of aromatic nitrogens is 2. The quantitative estimate of drug-likeness (QED) is 0.265. The maximum Gasteiger partial charge on any atom is 0.442 e. The monoisotopic (exact) mass is 521 g/mol. The highest BCUT2D eigenvalue weighted by atomic mass is 32.2. The first kappa shape index (κ1) is 25.3. The molecule has 10 heteroatoms. The molecule has 2 aromatic heterocycles. The van der Waals surface area contributed by atoms with Crippen LogP contribution in [-0.2, 0) is 14.5 Å². The van der Waals surface area contributed by atoms with Crippen LogP contribution in [0.2, 0.25) is 0 Å². The van der Waals surface area contributed by atoms with E-state index in [1.807, 2.05) is 35.7 Å². The Bertz CT molecular complexity index is 1430. The minimum absolute atomic E-state index is 0.0350. The molecule has 0 radical (unpaired) electrons. The fourth-order valence-electron chi connectivity index (χ4n) is 3.46. The second-order valence-electron chi connectivity index (χ2n) is 7.95. The largest absolute Gasteiger partial charge is 0.448 e. The van der Waals surface area contributed by atoms with Crippen LogP contribution in [0.4, 0.5) is 22.2 Å². The van der Waals surface area contributed by atoms with Crippen LogP contribution in [0.15, 0.2) is 87.6 Å². The predicted molar refractivity (Wildman–Crippen MR) is 145 cm³/mol. The Morgan fingerprint density at radius 2 is 1.86 bits per heavy atom. The SMILES string of the molecule is CCOC(=O)N=S(C)(=O)c1ccc(Nc2ncc(-c3cccs3)c(NC(C)c3ccccc3)n2)cc1. The van der Waals surface area contributed by atoms with Gasteiger partial charge in [0, 0.05) is 34.0 Å². The van der Waals surface area contributed by atoms with Gasteiger partial charge in [-0.1, -0.05) is 36.4 Å². The van der Waals surface area contributed by atoms with E-state index in [2.05, 4.69) is 39.0 Å². The highest BCUT2D eigenvalue weighted by Gasteiger charge is 2.15. The van der Waals surface area contributed by atoms with Gasteiger partial charge in [0.05, 0.1) is 21.9 Å². The Kier molecular flexibility index (Phi) is 7.97. The molecule has 0 aliphatic carbocycles. The van der Waals surface area contributed by atoms with Crippen LogP contribution in [-0.4, -0.2) is 33.1 Å². The third-order valence-electron chi connectivity index (χ3n) is 5.29. The number of carbonyl (C=O) groups is 1. The second kappa shape index (κ2) is 11.3. The molecule has 4 rings (SSSR count). The lowest BCUT2D eigenvalue weighted by atomic mass is 10.1. The highest BCUT2D eigenvalue weighted by molar-refractivity contribution is 7.93. The molecule has 0 bridgehead atoms. The van der Waals surface area contributed by atoms with Crippen molar-refractivity contribution in [1.82, 2.24) is 9.97 Å². The molecule has 2 heterocycles. The van der Waals surface area contributed by atoms with Gasteiger partial charge >= 0.3 is 6.09 Å². The lowest BCUT2D eigenvalue weighted by molar-refractivity contribution is 0.164. The molecule has 0 aliphatic rings. The summed E-state index contributed by atoms with van der Waals surface area (Å²) >= 11 is 1.62. The molecule has 2 atom stereocenters. The van der Waals surface area contributed by atoms with Crippen molar-refractivity contribution in [3.05, 3.63) is 83.9 Å². The minimum atomic E-state index is -2.92. The van der Waals surface area contributed by atoms with Crippen LogP contribution >= 0.6 is 11.3 Å². The van der Waals surface area contributed by atoms with Gasteiger partial charge in [0.15, 0.2) is 0 Å². The van der Waals surface area contributed by atoms with Crippen molar-refractivity contribution in [3.63, 3.8) is 0 Å². The van der Waals surface area contributed by atoms with Crippen molar-refractivity contribution in [2.75, 3.05) is 23.5 Å². The summed E-state index contributed by atoms with van der Waals surface area (Å²) in [6, 6.07) is 21.0. The number of nitrogens with zero attached hydrogens (tertiary/aromatic N) is 3. The van der Waals surface area contributed by atoms with Crippen molar-refractivity contribution in [1.29, 1.82) is 0 Å². The van der Waals surface area contributed by atoms with E-state index in [9.17, 15) is 9.00 Å². The first-order chi connectivity index (χ1) is 17.4. The third kappa shape index (κ3) is 6.27. The zero-order valence-corrected chi connectivity index (χ0v) is 21.8. The molecule has 186 valence electrons. The van der Waals surface area contributed by atoms with E-state index in [0.717, 1.165) is 16.0 Å². The molecule has 0 saturated carbocycles. The number of nitrogens with one attached hydrogen (secondary N) is 2. The van der Waals surface area contributed by atoms with Gasteiger partial charge in [-0.25, -0.2) is 14.0 Å². The number of carbonyl (C=O) groups excluding carboxylic acids is 1. The van der Waals surface area contributed by atoms with E-state index < -0.39 is 15.8 Å². The highest BCUT2D eigenvalue weighted by Crippen LogP contribution is 2.33. The van der Waals surface area contributed by atoms with Gasteiger partial charge in [0.1, 0.15) is 5.82 Å². The normalized spacial score (nSPS) is 13.3. The van der Waals surface area contributed by atoms with Gasteiger partial charge in [-0.05, 0) is 55.1 Å². The maximum atomic E-state index is 12.8. The van der Waals surface area contributed by atoms with Gasteiger partial charge in [0.25, 0.3) is 0 Å². The fraction of sp³-hybridized carbons (Fsp3) is 0.192. The molecule has 0 aliphatic heterocycles. The Morgan fingerprint density at radius 3 is 2.53 bits per heavy atom. The Labute approximate surface area is 215 Å². The molecule has 1 amide bonds. The maximum absolute atomic E-state index is 12.8. The molecule has 2 aromatic carbocycles. The number of anilines is 3. The van der Waals surface area contributed by atoms with E-state index in [1.165, 1.54) is 6.26 Å². The average Bonchev–Trinajstić information content (AvgIpc) is 3.40. The van der Waals surface area contributed by atoms with E-state index in [-0.39, 0.29) is 12.6 Å². The van der Waals surface area contributed by atoms with Crippen LogP contribution < -0.4 is 10.6 Å². The number of amides is 1. The van der Waals surface area contributed by atoms with Crippen molar-refractivity contribution in [2.24, 2.45) is 4.36 Å². The molecule has 2 N–H and O–H groups in total. The van der Waals surface area contributed by atoms with Crippen molar-refractivity contribution in [3.8, 4) is 10.4 Å². The summed E-state index contributed by atoms with van der Waals surface area (Å²) < 4.78 is 21.3. The smallest absolute Gasteiger partial charge is 0.442 e. The van der Waals surface area contributed by atoms with Gasteiger partial charge in [-0.15, -0.1) is 15.7 Å². The average molecular weight is 522 g/mol. The summed E-state index contributed by atoms with van der Waals surface area (Å²) in [5.41, 5.74) is 2.77. The topological polar surface area (TPSA) is 106 Å². The molecule has 8 nitrogen and oxygen atoms in total. The molecule has 0 fully saturated rings. The lowest BCUT2D eigenvalue weighted by Gasteiger charge is -2.18. The van der Waals surface area contributed by atoms with Gasteiger partial charge in [-0.3, -0.25) is 0 Å². The van der Waals surface area contributed by atoms with Crippen LogP contribution in [0.25, 0.3) is 10.4 Å². The van der Waals surface area contributed by atoms with Crippen LogP contribution in [0.3, 0.4) is 0 Å². The predicted octanol–water partition coefficient (Wildman–Crippen LogP) is 6.74. The molecule has 2 unspecified atom stereocenters. The fourth-order valence-corrected chi connectivity index (χ4v) is 5.28. The summed E-state index contributed by atoms with van der Waals surface area (Å²) in [6.07, 6.45) is 2.37. The van der Waals surface area contributed by atoms with Crippen molar-refractivity contribution >= 4 is 44.6 Å². The van der Waals surface area contributed by atoms with Crippen LogP contribution in [0.1, 0.15) is 25.5 Å². The van der Waals surface area contributed by atoms with Gasteiger partial charge < -0.3 is 15.4 Å². The molecule has 4 aromatic rings. The standard InChI is InChI=1S/C26H27N5O3S2/c1-4-34-26(32)31-36(3,33)21-14-12-20(13-15-21)29-25-27-17-22(23-11-8-16-35-23)24(30-25)28-18(2)19-9-6-5-7-10-19/h5-18H,4H2,1-3H3,(H2,27,28,29,30). The van der Waals surface area contributed by atoms with Gasteiger partial charge in [-0.2, -0.15) is 4.98 Å². The summed E-state index contributed by atoms with van der Waals surface area (Å²) in [5.74, 6) is 1.13. The second-order valence-corrected chi connectivity index (χ2v) is 11.2. The Hall–Kier alpha value is -3.76. The number of benzene rings is 2.